The molecule has 0 spiro atoms. The minimum Gasteiger partial charge on any atom is -0.368 e. The molecule has 14 heteroatoms. The predicted molar refractivity (Wildman–Crippen MR) is 195 cm³/mol. The number of nitrogens with two attached hydrogens (primary N) is 1. The molecular formula is C37H35ClFN11O. The Morgan fingerprint density at radius 2 is 1.90 bits per heavy atom. The summed E-state index contributed by atoms with van der Waals surface area (Å²) in [5.74, 6) is 0.182. The van der Waals surface area contributed by atoms with Crippen LogP contribution in [0.2, 0.25) is 5.15 Å². The quantitative estimate of drug-likeness (QED) is 0.0984. The van der Waals surface area contributed by atoms with Gasteiger partial charge in [0.15, 0.2) is 11.5 Å². The summed E-state index contributed by atoms with van der Waals surface area (Å²) in [6.45, 7) is 2.34. The summed E-state index contributed by atoms with van der Waals surface area (Å²) in [6.07, 6.45) is 8.36. The second-order valence-electron chi connectivity index (χ2n) is 12.8. The largest absolute Gasteiger partial charge is 0.368 e. The molecule has 51 heavy (non-hydrogen) atoms. The van der Waals surface area contributed by atoms with Gasteiger partial charge in [0.2, 0.25) is 0 Å². The summed E-state index contributed by atoms with van der Waals surface area (Å²) in [5.41, 5.74) is 12.7. The van der Waals surface area contributed by atoms with Crippen LogP contribution in [0.4, 0.5) is 15.9 Å². The number of benzene rings is 2. The number of aryl methyl sites for hydroxylation is 1. The van der Waals surface area contributed by atoms with Crippen LogP contribution in [0.25, 0.3) is 33.3 Å². The molecule has 1 atom stereocenters. The van der Waals surface area contributed by atoms with Gasteiger partial charge in [-0.3, -0.25) is 9.67 Å². The van der Waals surface area contributed by atoms with Crippen LogP contribution in [-0.2, 0) is 30.5 Å². The predicted octanol–water partition coefficient (Wildman–Crippen LogP) is 6.05. The highest BCUT2D eigenvalue weighted by molar-refractivity contribution is 6.29. The third-order valence-corrected chi connectivity index (χ3v) is 9.57. The lowest BCUT2D eigenvalue weighted by Crippen LogP contribution is -2.52. The molecule has 6 heterocycles. The monoisotopic (exact) mass is 703 g/mol. The van der Waals surface area contributed by atoms with Crippen LogP contribution in [0.15, 0.2) is 91.8 Å². The van der Waals surface area contributed by atoms with Crippen LogP contribution < -0.4 is 16.0 Å². The maximum atomic E-state index is 15.7. The molecule has 8 rings (SSSR count). The molecule has 0 unspecified atom stereocenters. The molecular weight excluding hydrogens is 669 g/mol. The standard InChI is InChI=1S/C37H35ClFN11O/c1-48-30-15-28(39)27(13-25(30)16-46-48)29-14-26(31(17-41-29)49-12-6-11-37(40,20-49)32-9-5-10-33(38)47-32)18-50-22-44-34-35(42-21-43-36(34)50)45-23-51-19-24-7-3-2-4-8-24/h2-5,7-10,13-17,21-22H,6,11-12,18-20,23,40H2,1H3,(H,42,43,45)/t37-/m1/s1. The summed E-state index contributed by atoms with van der Waals surface area (Å²) in [5, 5.41) is 8.75. The highest BCUT2D eigenvalue weighted by Gasteiger charge is 2.36. The first kappa shape index (κ1) is 32.7. The number of hydrogen-bond acceptors (Lipinski definition) is 10. The summed E-state index contributed by atoms with van der Waals surface area (Å²) >= 11 is 6.27. The van der Waals surface area contributed by atoms with Crippen LogP contribution in [0.5, 0.6) is 0 Å². The zero-order chi connectivity index (χ0) is 35.0. The van der Waals surface area contributed by atoms with E-state index < -0.39 is 5.54 Å². The number of nitrogens with zero attached hydrogens (tertiary/aromatic N) is 9. The van der Waals surface area contributed by atoms with Crippen LogP contribution in [0.1, 0.15) is 29.7 Å². The van der Waals surface area contributed by atoms with Crippen LogP contribution in [-0.4, -0.2) is 59.1 Å². The van der Waals surface area contributed by atoms with Gasteiger partial charge in [0, 0.05) is 37.2 Å². The number of fused-ring (bicyclic) bond motifs is 2. The fraction of sp³-hybridized carbons (Fsp3) is 0.243. The summed E-state index contributed by atoms with van der Waals surface area (Å²) in [6, 6.07) is 20.7. The number of ether oxygens (including phenoxy) is 1. The molecule has 1 aliphatic rings. The molecule has 0 saturated carbocycles. The summed E-state index contributed by atoms with van der Waals surface area (Å²) in [4.78, 5) is 25.3. The molecule has 7 aromatic rings. The topological polar surface area (TPSA) is 138 Å². The number of nitrogens with one attached hydrogen (secondary N) is 1. The second kappa shape index (κ2) is 13.7. The van der Waals surface area contributed by atoms with E-state index in [2.05, 4.69) is 35.3 Å². The molecule has 258 valence electrons. The fourth-order valence-corrected chi connectivity index (χ4v) is 6.94. The first-order valence-corrected chi connectivity index (χ1v) is 17.0. The molecule has 0 bridgehead atoms. The molecule has 0 radical (unpaired) electrons. The molecule has 2 aromatic carbocycles. The van der Waals surface area contributed by atoms with E-state index in [1.54, 1.807) is 42.6 Å². The molecule has 0 amide bonds. The Bertz CT molecular complexity index is 2350. The van der Waals surface area contributed by atoms with E-state index in [0.29, 0.717) is 58.6 Å². The summed E-state index contributed by atoms with van der Waals surface area (Å²) in [7, 11) is 1.79. The first-order valence-electron chi connectivity index (χ1n) is 16.6. The lowest BCUT2D eigenvalue weighted by atomic mass is 9.86. The van der Waals surface area contributed by atoms with E-state index in [1.807, 2.05) is 53.1 Å². The van der Waals surface area contributed by atoms with Crippen molar-refractivity contribution < 1.29 is 9.13 Å². The molecule has 3 N–H and O–H groups in total. The normalized spacial score (nSPS) is 16.3. The van der Waals surface area contributed by atoms with Gasteiger partial charge in [0.05, 0.1) is 60.0 Å². The Kier molecular flexibility index (Phi) is 8.76. The van der Waals surface area contributed by atoms with Gasteiger partial charge in [-0.1, -0.05) is 48.0 Å². The average Bonchev–Trinajstić information content (AvgIpc) is 3.73. The van der Waals surface area contributed by atoms with Crippen molar-refractivity contribution >= 4 is 45.2 Å². The number of hydrogen-bond donors (Lipinski definition) is 2. The number of imidazole rings is 1. The third-order valence-electron chi connectivity index (χ3n) is 9.36. The summed E-state index contributed by atoms with van der Waals surface area (Å²) < 4.78 is 25.1. The zero-order valence-electron chi connectivity index (χ0n) is 27.9. The highest BCUT2D eigenvalue weighted by atomic mass is 35.5. The van der Waals surface area contributed by atoms with Gasteiger partial charge in [-0.25, -0.2) is 24.3 Å². The van der Waals surface area contributed by atoms with Gasteiger partial charge in [0.1, 0.15) is 29.5 Å². The van der Waals surface area contributed by atoms with Crippen molar-refractivity contribution in [2.45, 2.75) is 31.5 Å². The van der Waals surface area contributed by atoms with E-state index in [4.69, 9.17) is 27.1 Å². The lowest BCUT2D eigenvalue weighted by Gasteiger charge is -2.41. The maximum absolute atomic E-state index is 15.7. The molecule has 1 saturated heterocycles. The number of anilines is 2. The minimum absolute atomic E-state index is 0.246. The molecule has 1 fully saturated rings. The second-order valence-corrected chi connectivity index (χ2v) is 13.2. The Morgan fingerprint density at radius 3 is 2.76 bits per heavy atom. The van der Waals surface area contributed by atoms with Crippen molar-refractivity contribution in [3.05, 3.63) is 120 Å². The average molecular weight is 704 g/mol. The van der Waals surface area contributed by atoms with Crippen LogP contribution >= 0.6 is 11.6 Å². The van der Waals surface area contributed by atoms with E-state index in [9.17, 15) is 0 Å². The van der Waals surface area contributed by atoms with E-state index in [-0.39, 0.29) is 12.5 Å². The zero-order valence-corrected chi connectivity index (χ0v) is 28.6. The van der Waals surface area contributed by atoms with Gasteiger partial charge >= 0.3 is 0 Å². The van der Waals surface area contributed by atoms with Crippen molar-refractivity contribution in [2.75, 3.05) is 30.0 Å². The van der Waals surface area contributed by atoms with Crippen molar-refractivity contribution in [3.8, 4) is 11.3 Å². The third kappa shape index (κ3) is 6.58. The lowest BCUT2D eigenvalue weighted by molar-refractivity contribution is 0.138. The minimum atomic E-state index is -0.728. The van der Waals surface area contributed by atoms with Gasteiger partial charge in [-0.05, 0) is 48.2 Å². The highest BCUT2D eigenvalue weighted by Crippen LogP contribution is 2.36. The first-order chi connectivity index (χ1) is 24.8. The van der Waals surface area contributed by atoms with E-state index in [0.717, 1.165) is 47.3 Å². The number of rotatable bonds is 10. The maximum Gasteiger partial charge on any atom is 0.165 e. The smallest absolute Gasteiger partial charge is 0.165 e. The number of aromatic nitrogens is 8. The Labute approximate surface area is 298 Å². The molecule has 5 aromatic heterocycles. The van der Waals surface area contributed by atoms with E-state index >= 15 is 4.39 Å². The molecule has 1 aliphatic heterocycles. The number of pyridine rings is 2. The van der Waals surface area contributed by atoms with Crippen molar-refractivity contribution in [1.29, 1.82) is 0 Å². The number of piperidine rings is 1. The van der Waals surface area contributed by atoms with Gasteiger partial charge in [-0.2, -0.15) is 5.10 Å². The Hall–Kier alpha value is -5.50. The fourth-order valence-electron chi connectivity index (χ4n) is 6.78. The van der Waals surface area contributed by atoms with Crippen LogP contribution in [0.3, 0.4) is 0 Å². The van der Waals surface area contributed by atoms with Gasteiger partial charge in [0.25, 0.3) is 0 Å². The molecule has 12 nitrogen and oxygen atoms in total. The van der Waals surface area contributed by atoms with Crippen molar-refractivity contribution in [3.63, 3.8) is 0 Å². The Balaban J connectivity index is 1.13. The van der Waals surface area contributed by atoms with Crippen molar-refractivity contribution in [2.24, 2.45) is 12.8 Å². The van der Waals surface area contributed by atoms with Gasteiger partial charge in [-0.15, -0.1) is 0 Å². The van der Waals surface area contributed by atoms with Crippen molar-refractivity contribution in [1.82, 2.24) is 39.3 Å². The van der Waals surface area contributed by atoms with Gasteiger partial charge < -0.3 is 25.3 Å². The molecule has 0 aliphatic carbocycles. The number of halogens is 2. The van der Waals surface area contributed by atoms with Crippen LogP contribution in [0, 0.1) is 5.82 Å². The Morgan fingerprint density at radius 1 is 1.02 bits per heavy atom. The SMILES string of the molecule is Cn1ncc2cc(-c3cc(Cn4cnc5c(NCOCc6ccccc6)ncnc54)c(N4CCC[C@](N)(c5cccc(Cl)n5)C4)cn3)c(F)cc21. The van der Waals surface area contributed by atoms with E-state index in [1.165, 1.54) is 12.4 Å².